The normalized spacial score (nSPS) is 11.4. The summed E-state index contributed by atoms with van der Waals surface area (Å²) in [4.78, 5) is 25.4. The fourth-order valence-electron chi connectivity index (χ4n) is 2.61. The molecule has 1 atom stereocenters. The summed E-state index contributed by atoms with van der Waals surface area (Å²) in [5.74, 6) is -1.74. The molecule has 0 aliphatic heterocycles. The number of benzene rings is 3. The van der Waals surface area contributed by atoms with Crippen LogP contribution in [-0.2, 0) is 9.53 Å². The van der Waals surface area contributed by atoms with E-state index < -0.39 is 23.8 Å². The number of hydrogen-bond acceptors (Lipinski definition) is 4. The van der Waals surface area contributed by atoms with Crippen LogP contribution in [0.3, 0.4) is 0 Å². The second kappa shape index (κ2) is 9.21. The molecule has 3 rings (SSSR count). The van der Waals surface area contributed by atoms with Gasteiger partial charge in [-0.25, -0.2) is 9.18 Å². The number of carbonyl (C=O) groups excluding carboxylic acids is 2. The van der Waals surface area contributed by atoms with Gasteiger partial charge >= 0.3 is 5.97 Å². The van der Waals surface area contributed by atoms with Gasteiger partial charge in [0.2, 0.25) is 6.10 Å². The maximum atomic E-state index is 14.0. The van der Waals surface area contributed by atoms with Crippen LogP contribution in [0.25, 0.3) is 0 Å². The summed E-state index contributed by atoms with van der Waals surface area (Å²) in [6, 6.07) is 18.7. The summed E-state index contributed by atoms with van der Waals surface area (Å²) in [6.45, 7) is 0. The summed E-state index contributed by atoms with van der Waals surface area (Å²) in [5, 5.41) is 2.86. The van der Waals surface area contributed by atoms with Crippen LogP contribution >= 0.6 is 11.6 Å². The lowest BCUT2D eigenvalue weighted by atomic mass is 10.1. The highest BCUT2D eigenvalue weighted by atomic mass is 35.5. The molecule has 29 heavy (non-hydrogen) atoms. The van der Waals surface area contributed by atoms with Gasteiger partial charge in [-0.2, -0.15) is 0 Å². The number of hydrogen-bond donors (Lipinski definition) is 1. The number of carbonyl (C=O) groups is 2. The van der Waals surface area contributed by atoms with E-state index in [1.54, 1.807) is 54.6 Å². The average molecular weight is 414 g/mol. The summed E-state index contributed by atoms with van der Waals surface area (Å²) < 4.78 is 24.5. The largest absolute Gasteiger partial charge is 0.497 e. The zero-order valence-electron chi connectivity index (χ0n) is 15.4. The van der Waals surface area contributed by atoms with E-state index in [1.807, 2.05) is 0 Å². The van der Waals surface area contributed by atoms with Crippen molar-refractivity contribution in [3.63, 3.8) is 0 Å². The van der Waals surface area contributed by atoms with Crippen molar-refractivity contribution in [1.82, 2.24) is 0 Å². The van der Waals surface area contributed by atoms with Crippen LogP contribution in [0.2, 0.25) is 5.02 Å². The SMILES string of the molecule is COc1ccc(NC(=O)C(OC(=O)c2cc(Cl)ccc2F)c2ccccc2)cc1. The molecule has 1 unspecified atom stereocenters. The van der Waals surface area contributed by atoms with Crippen LogP contribution < -0.4 is 10.1 Å². The van der Waals surface area contributed by atoms with Crippen molar-refractivity contribution in [2.75, 3.05) is 12.4 Å². The van der Waals surface area contributed by atoms with Crippen molar-refractivity contribution in [2.45, 2.75) is 6.10 Å². The molecule has 148 valence electrons. The van der Waals surface area contributed by atoms with Crippen molar-refractivity contribution in [3.8, 4) is 5.75 Å². The van der Waals surface area contributed by atoms with Crippen molar-refractivity contribution in [1.29, 1.82) is 0 Å². The van der Waals surface area contributed by atoms with Gasteiger partial charge in [0.05, 0.1) is 12.7 Å². The quantitative estimate of drug-likeness (QED) is 0.576. The van der Waals surface area contributed by atoms with E-state index in [2.05, 4.69) is 5.32 Å². The van der Waals surface area contributed by atoms with Crippen LogP contribution in [0.1, 0.15) is 22.0 Å². The van der Waals surface area contributed by atoms with Gasteiger partial charge in [0.1, 0.15) is 11.6 Å². The van der Waals surface area contributed by atoms with Gasteiger partial charge in [-0.1, -0.05) is 41.9 Å². The lowest BCUT2D eigenvalue weighted by Crippen LogP contribution is -2.26. The molecule has 0 saturated carbocycles. The monoisotopic (exact) mass is 413 g/mol. The van der Waals surface area contributed by atoms with E-state index in [0.29, 0.717) is 17.0 Å². The Kier molecular flexibility index (Phi) is 6.46. The first-order valence-corrected chi connectivity index (χ1v) is 9.01. The number of anilines is 1. The highest BCUT2D eigenvalue weighted by molar-refractivity contribution is 6.30. The number of nitrogens with one attached hydrogen (secondary N) is 1. The fourth-order valence-corrected chi connectivity index (χ4v) is 2.78. The maximum absolute atomic E-state index is 14.0. The number of rotatable bonds is 6. The number of ether oxygens (including phenoxy) is 2. The minimum absolute atomic E-state index is 0.178. The Morgan fingerprint density at radius 2 is 1.69 bits per heavy atom. The summed E-state index contributed by atoms with van der Waals surface area (Å²) in [5.41, 5.74) is 0.576. The van der Waals surface area contributed by atoms with Crippen molar-refractivity contribution in [3.05, 3.63) is 94.8 Å². The predicted molar refractivity (Wildman–Crippen MR) is 108 cm³/mol. The van der Waals surface area contributed by atoms with Crippen LogP contribution in [0.15, 0.2) is 72.8 Å². The molecule has 3 aromatic carbocycles. The molecule has 0 aromatic heterocycles. The molecular formula is C22H17ClFNO4. The molecule has 0 heterocycles. The van der Waals surface area contributed by atoms with Gasteiger partial charge in [0.15, 0.2) is 0 Å². The highest BCUT2D eigenvalue weighted by Gasteiger charge is 2.27. The minimum atomic E-state index is -1.29. The first-order chi connectivity index (χ1) is 14.0. The summed E-state index contributed by atoms with van der Waals surface area (Å²) >= 11 is 5.85. The third kappa shape index (κ3) is 5.12. The molecule has 0 saturated heterocycles. The highest BCUT2D eigenvalue weighted by Crippen LogP contribution is 2.24. The summed E-state index contributed by atoms with van der Waals surface area (Å²) in [7, 11) is 1.54. The van der Waals surface area contributed by atoms with Gasteiger partial charge < -0.3 is 14.8 Å². The summed E-state index contributed by atoms with van der Waals surface area (Å²) in [6.07, 6.45) is -1.29. The van der Waals surface area contributed by atoms with Crippen LogP contribution in [0, 0.1) is 5.82 Å². The molecule has 0 bridgehead atoms. The molecule has 1 amide bonds. The molecule has 0 aliphatic rings. The lowest BCUT2D eigenvalue weighted by molar-refractivity contribution is -0.125. The zero-order chi connectivity index (χ0) is 20.8. The number of amides is 1. The fraction of sp³-hybridized carbons (Fsp3) is 0.0909. The Balaban J connectivity index is 1.85. The topological polar surface area (TPSA) is 64.6 Å². The number of esters is 1. The Bertz CT molecular complexity index is 1010. The first-order valence-electron chi connectivity index (χ1n) is 8.64. The Hall–Kier alpha value is -3.38. The van der Waals surface area contributed by atoms with Gasteiger partial charge in [-0.3, -0.25) is 4.79 Å². The second-order valence-electron chi connectivity index (χ2n) is 6.04. The predicted octanol–water partition coefficient (Wildman–Crippen LogP) is 5.02. The van der Waals surface area contributed by atoms with E-state index in [9.17, 15) is 14.0 Å². The molecule has 7 heteroatoms. The molecule has 0 radical (unpaired) electrons. The molecule has 3 aromatic rings. The van der Waals surface area contributed by atoms with Crippen LogP contribution in [-0.4, -0.2) is 19.0 Å². The first kappa shape index (κ1) is 20.4. The van der Waals surface area contributed by atoms with E-state index in [0.717, 1.165) is 12.1 Å². The molecule has 1 N–H and O–H groups in total. The Morgan fingerprint density at radius 3 is 2.34 bits per heavy atom. The van der Waals surface area contributed by atoms with Crippen molar-refractivity contribution < 1.29 is 23.5 Å². The van der Waals surface area contributed by atoms with Crippen LogP contribution in [0.5, 0.6) is 5.75 Å². The van der Waals surface area contributed by atoms with Gasteiger partial charge in [-0.05, 0) is 42.5 Å². The zero-order valence-corrected chi connectivity index (χ0v) is 16.2. The third-order valence-electron chi connectivity index (χ3n) is 4.07. The van der Waals surface area contributed by atoms with Crippen molar-refractivity contribution in [2.24, 2.45) is 0 Å². The van der Waals surface area contributed by atoms with E-state index in [-0.39, 0.29) is 10.6 Å². The molecule has 0 fully saturated rings. The third-order valence-corrected chi connectivity index (χ3v) is 4.31. The molecule has 0 spiro atoms. The number of halogens is 2. The molecule has 0 aliphatic carbocycles. The maximum Gasteiger partial charge on any atom is 0.342 e. The number of methoxy groups -OCH3 is 1. The van der Waals surface area contributed by atoms with Crippen molar-refractivity contribution >= 4 is 29.2 Å². The molecule has 5 nitrogen and oxygen atoms in total. The second-order valence-corrected chi connectivity index (χ2v) is 6.47. The lowest BCUT2D eigenvalue weighted by Gasteiger charge is -2.18. The Morgan fingerprint density at radius 1 is 1.00 bits per heavy atom. The smallest absolute Gasteiger partial charge is 0.342 e. The van der Waals surface area contributed by atoms with Gasteiger partial charge in [-0.15, -0.1) is 0 Å². The average Bonchev–Trinajstić information content (AvgIpc) is 2.74. The van der Waals surface area contributed by atoms with E-state index in [4.69, 9.17) is 21.1 Å². The van der Waals surface area contributed by atoms with Gasteiger partial charge in [0.25, 0.3) is 5.91 Å². The van der Waals surface area contributed by atoms with Gasteiger partial charge in [0, 0.05) is 16.3 Å². The minimum Gasteiger partial charge on any atom is -0.497 e. The Labute approximate surface area is 172 Å². The molecular weight excluding hydrogens is 397 g/mol. The van der Waals surface area contributed by atoms with E-state index in [1.165, 1.54) is 13.2 Å². The van der Waals surface area contributed by atoms with E-state index >= 15 is 0 Å². The standard InChI is InChI=1S/C22H17ClFNO4/c1-28-17-10-8-16(9-11-17)25-21(26)20(14-5-3-2-4-6-14)29-22(27)18-13-15(23)7-12-19(18)24/h2-13,20H,1H3,(H,25,26). The van der Waals surface area contributed by atoms with Crippen LogP contribution in [0.4, 0.5) is 10.1 Å².